The van der Waals surface area contributed by atoms with Gasteiger partial charge in [-0.25, -0.2) is 9.97 Å². The van der Waals surface area contributed by atoms with E-state index < -0.39 is 0 Å². The molecule has 1 aromatic heterocycles. The van der Waals surface area contributed by atoms with Crippen LogP contribution < -0.4 is 5.32 Å². The van der Waals surface area contributed by atoms with Crippen molar-refractivity contribution in [2.45, 2.75) is 38.8 Å². The van der Waals surface area contributed by atoms with E-state index in [4.69, 9.17) is 0 Å². The average Bonchev–Trinajstić information content (AvgIpc) is 2.30. The van der Waals surface area contributed by atoms with E-state index in [-0.39, 0.29) is 0 Å². The summed E-state index contributed by atoms with van der Waals surface area (Å²) in [7, 11) is 0. The highest BCUT2D eigenvalue weighted by atomic mass is 32.2. The van der Waals surface area contributed by atoms with E-state index in [1.807, 2.05) is 19.3 Å². The molecule has 0 atom stereocenters. The quantitative estimate of drug-likeness (QED) is 0.439. The lowest BCUT2D eigenvalue weighted by atomic mass is 10.1. The largest absolute Gasteiger partial charge is 0.316 e. The molecule has 0 saturated carbocycles. The van der Waals surface area contributed by atoms with Crippen LogP contribution in [0.2, 0.25) is 0 Å². The molecule has 17 heavy (non-hydrogen) atoms. The van der Waals surface area contributed by atoms with Gasteiger partial charge >= 0.3 is 0 Å². The third-order valence-electron chi connectivity index (χ3n) is 2.40. The Morgan fingerprint density at radius 3 is 2.59 bits per heavy atom. The second-order valence-electron chi connectivity index (χ2n) is 4.68. The van der Waals surface area contributed by atoms with Crippen LogP contribution in [0.1, 0.15) is 32.3 Å². The van der Waals surface area contributed by atoms with Crippen LogP contribution in [0.15, 0.2) is 17.6 Å². The van der Waals surface area contributed by atoms with E-state index in [1.54, 1.807) is 11.8 Å². The Kier molecular flexibility index (Phi) is 7.21. The van der Waals surface area contributed by atoms with Crippen molar-refractivity contribution >= 4 is 11.8 Å². The van der Waals surface area contributed by atoms with Gasteiger partial charge < -0.3 is 5.32 Å². The number of nitrogens with one attached hydrogen (secondary N) is 1. The van der Waals surface area contributed by atoms with Gasteiger partial charge in [-0.3, -0.25) is 0 Å². The first-order valence-electron chi connectivity index (χ1n) is 6.30. The summed E-state index contributed by atoms with van der Waals surface area (Å²) < 4.78 is 0. The Morgan fingerprint density at radius 1 is 1.24 bits per heavy atom. The summed E-state index contributed by atoms with van der Waals surface area (Å²) >= 11 is 1.71. The van der Waals surface area contributed by atoms with E-state index in [0.29, 0.717) is 0 Å². The molecule has 0 bridgehead atoms. The number of nitrogens with zero attached hydrogens (tertiary/aromatic N) is 2. The number of aryl methyl sites for hydroxylation is 1. The van der Waals surface area contributed by atoms with Gasteiger partial charge in [0.05, 0.1) is 0 Å². The van der Waals surface area contributed by atoms with Crippen molar-refractivity contribution in [3.63, 3.8) is 0 Å². The molecule has 1 rings (SSSR count). The third-order valence-corrected chi connectivity index (χ3v) is 3.28. The molecule has 0 unspecified atom stereocenters. The lowest BCUT2D eigenvalue weighted by Crippen LogP contribution is -2.18. The number of thioether (sulfide) groups is 1. The van der Waals surface area contributed by atoms with Gasteiger partial charge in [0.2, 0.25) is 0 Å². The zero-order valence-corrected chi connectivity index (χ0v) is 11.9. The predicted octanol–water partition coefficient (Wildman–Crippen LogP) is 2.90. The van der Waals surface area contributed by atoms with Gasteiger partial charge in [0.25, 0.3) is 0 Å². The molecule has 0 aliphatic carbocycles. The predicted molar refractivity (Wildman–Crippen MR) is 74.4 cm³/mol. The lowest BCUT2D eigenvalue weighted by Gasteiger charge is -2.06. The Labute approximate surface area is 109 Å². The normalized spacial score (nSPS) is 11.1. The molecule has 0 aliphatic rings. The molecule has 4 heteroatoms. The van der Waals surface area contributed by atoms with Gasteiger partial charge in [-0.05, 0) is 37.8 Å². The minimum absolute atomic E-state index is 0.812. The van der Waals surface area contributed by atoms with Gasteiger partial charge in [0.1, 0.15) is 0 Å². The standard InChI is InChI=1S/C13H23N3S/c1-11(2)5-4-6-14-7-8-17-13-15-9-12(3)10-16-13/h9-11,14H,4-8H2,1-3H3. The summed E-state index contributed by atoms with van der Waals surface area (Å²) in [6.45, 7) is 8.69. The van der Waals surface area contributed by atoms with Crippen LogP contribution in [0.3, 0.4) is 0 Å². The van der Waals surface area contributed by atoms with Crippen molar-refractivity contribution < 1.29 is 0 Å². The first kappa shape index (κ1) is 14.5. The molecule has 1 N–H and O–H groups in total. The Morgan fingerprint density at radius 2 is 1.94 bits per heavy atom. The topological polar surface area (TPSA) is 37.8 Å². The highest BCUT2D eigenvalue weighted by Gasteiger charge is 1.97. The maximum atomic E-state index is 4.26. The molecule has 3 nitrogen and oxygen atoms in total. The molecule has 0 spiro atoms. The minimum atomic E-state index is 0.812. The van der Waals surface area contributed by atoms with Gasteiger partial charge in [-0.15, -0.1) is 0 Å². The van der Waals surface area contributed by atoms with E-state index in [0.717, 1.165) is 35.5 Å². The monoisotopic (exact) mass is 253 g/mol. The van der Waals surface area contributed by atoms with Crippen LogP contribution in [0.5, 0.6) is 0 Å². The van der Waals surface area contributed by atoms with Crippen LogP contribution in [0, 0.1) is 12.8 Å². The maximum Gasteiger partial charge on any atom is 0.187 e. The fraction of sp³-hybridized carbons (Fsp3) is 0.692. The molecule has 0 radical (unpaired) electrons. The van der Waals surface area contributed by atoms with Crippen LogP contribution in [0.4, 0.5) is 0 Å². The third kappa shape index (κ3) is 7.34. The van der Waals surface area contributed by atoms with Crippen molar-refractivity contribution in [1.29, 1.82) is 0 Å². The molecule has 0 aliphatic heterocycles. The van der Waals surface area contributed by atoms with Gasteiger partial charge in [0, 0.05) is 24.7 Å². The Bertz CT molecular complexity index is 298. The SMILES string of the molecule is Cc1cnc(SCCNCCCC(C)C)nc1. The average molecular weight is 253 g/mol. The van der Waals surface area contributed by atoms with Crippen LogP contribution in [-0.4, -0.2) is 28.8 Å². The van der Waals surface area contributed by atoms with E-state index in [1.165, 1.54) is 12.8 Å². The zero-order valence-electron chi connectivity index (χ0n) is 11.1. The van der Waals surface area contributed by atoms with Crippen molar-refractivity contribution in [2.24, 2.45) is 5.92 Å². The smallest absolute Gasteiger partial charge is 0.187 e. The van der Waals surface area contributed by atoms with Crippen molar-refractivity contribution in [3.05, 3.63) is 18.0 Å². The number of rotatable bonds is 8. The summed E-state index contributed by atoms with van der Waals surface area (Å²) in [5, 5.41) is 4.32. The molecular weight excluding hydrogens is 230 g/mol. The van der Waals surface area contributed by atoms with Gasteiger partial charge in [-0.2, -0.15) is 0 Å². The van der Waals surface area contributed by atoms with E-state index in [9.17, 15) is 0 Å². The molecule has 0 amide bonds. The van der Waals surface area contributed by atoms with Crippen LogP contribution in [-0.2, 0) is 0 Å². The fourth-order valence-electron chi connectivity index (χ4n) is 1.43. The number of aromatic nitrogens is 2. The fourth-order valence-corrected chi connectivity index (χ4v) is 2.11. The minimum Gasteiger partial charge on any atom is -0.316 e. The molecule has 0 saturated heterocycles. The van der Waals surface area contributed by atoms with Crippen molar-refractivity contribution in [3.8, 4) is 0 Å². The number of hydrogen-bond acceptors (Lipinski definition) is 4. The number of hydrogen-bond donors (Lipinski definition) is 1. The summed E-state index contributed by atoms with van der Waals surface area (Å²) in [6, 6.07) is 0. The summed E-state index contributed by atoms with van der Waals surface area (Å²) in [5.41, 5.74) is 1.11. The van der Waals surface area contributed by atoms with Crippen molar-refractivity contribution in [2.75, 3.05) is 18.8 Å². The van der Waals surface area contributed by atoms with Crippen LogP contribution >= 0.6 is 11.8 Å². The van der Waals surface area contributed by atoms with Crippen LogP contribution in [0.25, 0.3) is 0 Å². The summed E-state index contributed by atoms with van der Waals surface area (Å²) in [5.74, 6) is 1.84. The second-order valence-corrected chi connectivity index (χ2v) is 5.74. The molecule has 1 heterocycles. The van der Waals surface area contributed by atoms with E-state index >= 15 is 0 Å². The second kappa shape index (κ2) is 8.48. The highest BCUT2D eigenvalue weighted by Crippen LogP contribution is 2.10. The summed E-state index contributed by atoms with van der Waals surface area (Å²) in [4.78, 5) is 8.52. The lowest BCUT2D eigenvalue weighted by molar-refractivity contribution is 0.534. The zero-order chi connectivity index (χ0) is 12.5. The first-order valence-corrected chi connectivity index (χ1v) is 7.29. The summed E-state index contributed by atoms with van der Waals surface area (Å²) in [6.07, 6.45) is 6.31. The Balaban J connectivity index is 1.99. The maximum absolute atomic E-state index is 4.26. The van der Waals surface area contributed by atoms with Gasteiger partial charge in [0.15, 0.2) is 5.16 Å². The Hall–Kier alpha value is -0.610. The molecule has 0 aromatic carbocycles. The van der Waals surface area contributed by atoms with Gasteiger partial charge in [-0.1, -0.05) is 25.6 Å². The molecule has 0 fully saturated rings. The highest BCUT2D eigenvalue weighted by molar-refractivity contribution is 7.99. The molecule has 1 aromatic rings. The van der Waals surface area contributed by atoms with E-state index in [2.05, 4.69) is 29.1 Å². The van der Waals surface area contributed by atoms with Crippen molar-refractivity contribution in [1.82, 2.24) is 15.3 Å². The molecular formula is C13H23N3S. The first-order chi connectivity index (χ1) is 8.18. The molecule has 96 valence electrons.